The fraction of sp³-hybridized carbons (Fsp3) is 0.182. The maximum absolute atomic E-state index is 13.0. The average Bonchev–Trinajstić information content (AvgIpc) is 2.59. The van der Waals surface area contributed by atoms with Crippen molar-refractivity contribution in [3.05, 3.63) is 33.1 Å². The van der Waals surface area contributed by atoms with Crippen LogP contribution in [0, 0.1) is 9.39 Å². The second-order valence-corrected chi connectivity index (χ2v) is 4.60. The van der Waals surface area contributed by atoms with Crippen LogP contribution in [0.5, 0.6) is 0 Å². The minimum absolute atomic E-state index is 0.237. The summed E-state index contributed by atoms with van der Waals surface area (Å²) in [6.45, 7) is 2.01. The van der Waals surface area contributed by atoms with E-state index in [1.54, 1.807) is 6.07 Å². The number of H-pyrrole nitrogens is 1. The highest BCUT2D eigenvalue weighted by Gasteiger charge is 2.13. The number of aromatic nitrogens is 2. The van der Waals surface area contributed by atoms with E-state index in [1.807, 2.05) is 6.92 Å². The van der Waals surface area contributed by atoms with Crippen LogP contribution in [0.4, 0.5) is 10.2 Å². The SMILES string of the molecule is CCc1c(N)n[nH]c1-c1ccc(F)cc1I. The Kier molecular flexibility index (Phi) is 3.13. The zero-order chi connectivity index (χ0) is 11.7. The van der Waals surface area contributed by atoms with Gasteiger partial charge in [0.05, 0.1) is 5.69 Å². The van der Waals surface area contributed by atoms with Crippen molar-refractivity contribution in [2.75, 3.05) is 5.73 Å². The summed E-state index contributed by atoms with van der Waals surface area (Å²) in [6.07, 6.45) is 0.797. The molecule has 5 heteroatoms. The number of nitrogens with zero attached hydrogens (tertiary/aromatic N) is 1. The molecule has 84 valence electrons. The molecule has 0 aliphatic rings. The van der Waals surface area contributed by atoms with Crippen molar-refractivity contribution in [1.29, 1.82) is 0 Å². The molecule has 0 saturated carbocycles. The highest BCUT2D eigenvalue weighted by atomic mass is 127. The predicted octanol–water partition coefficient (Wildman–Crippen LogP) is 2.97. The number of anilines is 1. The van der Waals surface area contributed by atoms with E-state index in [4.69, 9.17) is 5.73 Å². The highest BCUT2D eigenvalue weighted by molar-refractivity contribution is 14.1. The van der Waals surface area contributed by atoms with E-state index >= 15 is 0 Å². The first-order valence-electron chi connectivity index (χ1n) is 4.91. The molecule has 0 spiro atoms. The molecule has 1 aromatic carbocycles. The number of nitrogens with one attached hydrogen (secondary N) is 1. The summed E-state index contributed by atoms with van der Waals surface area (Å²) < 4.78 is 13.8. The lowest BCUT2D eigenvalue weighted by Gasteiger charge is -2.04. The number of rotatable bonds is 2. The summed E-state index contributed by atoms with van der Waals surface area (Å²) in [6, 6.07) is 4.67. The van der Waals surface area contributed by atoms with E-state index in [0.29, 0.717) is 5.82 Å². The number of hydrogen-bond acceptors (Lipinski definition) is 2. The first kappa shape index (κ1) is 11.4. The number of benzene rings is 1. The zero-order valence-electron chi connectivity index (χ0n) is 8.72. The number of nitrogens with two attached hydrogens (primary N) is 1. The van der Waals surface area contributed by atoms with Crippen LogP contribution in [0.2, 0.25) is 0 Å². The molecule has 0 aliphatic carbocycles. The largest absolute Gasteiger partial charge is 0.382 e. The Labute approximate surface area is 106 Å². The third kappa shape index (κ3) is 1.91. The van der Waals surface area contributed by atoms with Gasteiger partial charge in [0.1, 0.15) is 11.6 Å². The molecule has 0 bridgehead atoms. The van der Waals surface area contributed by atoms with Gasteiger partial charge < -0.3 is 5.73 Å². The Bertz CT molecular complexity index is 522. The van der Waals surface area contributed by atoms with Crippen LogP contribution in [0.1, 0.15) is 12.5 Å². The van der Waals surface area contributed by atoms with Crippen molar-refractivity contribution in [1.82, 2.24) is 10.2 Å². The molecule has 0 unspecified atom stereocenters. The van der Waals surface area contributed by atoms with Gasteiger partial charge >= 0.3 is 0 Å². The second kappa shape index (κ2) is 4.40. The van der Waals surface area contributed by atoms with Crippen molar-refractivity contribution in [2.24, 2.45) is 0 Å². The van der Waals surface area contributed by atoms with Crippen molar-refractivity contribution in [3.63, 3.8) is 0 Å². The van der Waals surface area contributed by atoms with E-state index in [2.05, 4.69) is 32.8 Å². The van der Waals surface area contributed by atoms with Crippen LogP contribution in [0.25, 0.3) is 11.3 Å². The summed E-state index contributed by atoms with van der Waals surface area (Å²) in [5.41, 5.74) is 8.54. The van der Waals surface area contributed by atoms with E-state index in [1.165, 1.54) is 12.1 Å². The Morgan fingerprint density at radius 3 is 2.88 bits per heavy atom. The molecule has 3 N–H and O–H groups in total. The van der Waals surface area contributed by atoms with Crippen LogP contribution in [0.15, 0.2) is 18.2 Å². The maximum atomic E-state index is 13.0. The molecule has 0 aliphatic heterocycles. The van der Waals surface area contributed by atoms with Crippen molar-refractivity contribution in [3.8, 4) is 11.3 Å². The molecule has 1 heterocycles. The molecule has 0 radical (unpaired) electrons. The summed E-state index contributed by atoms with van der Waals surface area (Å²) in [5.74, 6) is 0.274. The molecule has 0 amide bonds. The summed E-state index contributed by atoms with van der Waals surface area (Å²) in [4.78, 5) is 0. The minimum atomic E-state index is -0.237. The van der Waals surface area contributed by atoms with E-state index in [0.717, 1.165) is 26.8 Å². The number of hydrogen-bond donors (Lipinski definition) is 2. The zero-order valence-corrected chi connectivity index (χ0v) is 10.9. The van der Waals surface area contributed by atoms with Gasteiger partial charge in [0.15, 0.2) is 0 Å². The predicted molar refractivity (Wildman–Crippen MR) is 70.5 cm³/mol. The Morgan fingerprint density at radius 2 is 2.25 bits per heavy atom. The van der Waals surface area contributed by atoms with Crippen LogP contribution < -0.4 is 5.73 Å². The van der Waals surface area contributed by atoms with Crippen molar-refractivity contribution >= 4 is 28.4 Å². The van der Waals surface area contributed by atoms with Gasteiger partial charge in [-0.05, 0) is 47.2 Å². The summed E-state index contributed by atoms with van der Waals surface area (Å²) >= 11 is 2.10. The normalized spacial score (nSPS) is 10.7. The smallest absolute Gasteiger partial charge is 0.149 e. The Hall–Kier alpha value is -1.11. The lowest BCUT2D eigenvalue weighted by atomic mass is 10.1. The van der Waals surface area contributed by atoms with Gasteiger partial charge in [0.2, 0.25) is 0 Å². The van der Waals surface area contributed by atoms with Crippen LogP contribution in [0.3, 0.4) is 0 Å². The quantitative estimate of drug-likeness (QED) is 0.832. The van der Waals surface area contributed by atoms with Gasteiger partial charge in [-0.25, -0.2) is 4.39 Å². The first-order valence-corrected chi connectivity index (χ1v) is 5.99. The molecular weight excluding hydrogens is 320 g/mol. The first-order chi connectivity index (χ1) is 7.63. The number of nitrogen functional groups attached to an aromatic ring is 1. The molecule has 0 fully saturated rings. The van der Waals surface area contributed by atoms with Crippen molar-refractivity contribution in [2.45, 2.75) is 13.3 Å². The minimum Gasteiger partial charge on any atom is -0.382 e. The van der Waals surface area contributed by atoms with E-state index in [-0.39, 0.29) is 5.82 Å². The van der Waals surface area contributed by atoms with Gasteiger partial charge in [0, 0.05) is 14.7 Å². The monoisotopic (exact) mass is 331 g/mol. The summed E-state index contributed by atoms with van der Waals surface area (Å²) in [5, 5.41) is 6.88. The molecule has 3 nitrogen and oxygen atoms in total. The molecule has 0 saturated heterocycles. The van der Waals surface area contributed by atoms with E-state index in [9.17, 15) is 4.39 Å². The Balaban J connectivity index is 2.58. The van der Waals surface area contributed by atoms with Gasteiger partial charge in [-0.2, -0.15) is 5.10 Å². The topological polar surface area (TPSA) is 54.7 Å². The van der Waals surface area contributed by atoms with Gasteiger partial charge in [0.25, 0.3) is 0 Å². The summed E-state index contributed by atoms with van der Waals surface area (Å²) in [7, 11) is 0. The fourth-order valence-electron chi connectivity index (χ4n) is 1.65. The molecule has 2 aromatic rings. The molecule has 2 rings (SSSR count). The maximum Gasteiger partial charge on any atom is 0.149 e. The standard InChI is InChI=1S/C11H11FIN3/c1-2-7-10(15-16-11(7)14)8-4-3-6(12)5-9(8)13/h3-5H,2H2,1H3,(H3,14,15,16). The van der Waals surface area contributed by atoms with Gasteiger partial charge in [-0.15, -0.1) is 0 Å². The van der Waals surface area contributed by atoms with Gasteiger partial charge in [-0.1, -0.05) is 6.92 Å². The van der Waals surface area contributed by atoms with Gasteiger partial charge in [-0.3, -0.25) is 5.10 Å². The highest BCUT2D eigenvalue weighted by Crippen LogP contribution is 2.29. The third-order valence-electron chi connectivity index (χ3n) is 2.45. The average molecular weight is 331 g/mol. The van der Waals surface area contributed by atoms with Crippen LogP contribution in [-0.4, -0.2) is 10.2 Å². The fourth-order valence-corrected chi connectivity index (χ4v) is 2.40. The molecule has 0 atom stereocenters. The third-order valence-corrected chi connectivity index (χ3v) is 3.35. The van der Waals surface area contributed by atoms with Crippen molar-refractivity contribution < 1.29 is 4.39 Å². The van der Waals surface area contributed by atoms with Crippen LogP contribution >= 0.6 is 22.6 Å². The van der Waals surface area contributed by atoms with E-state index < -0.39 is 0 Å². The molecular formula is C11H11FIN3. The lowest BCUT2D eigenvalue weighted by molar-refractivity contribution is 0.627. The number of aromatic amines is 1. The molecule has 1 aromatic heterocycles. The Morgan fingerprint density at radius 1 is 1.50 bits per heavy atom. The second-order valence-electron chi connectivity index (χ2n) is 3.44. The lowest BCUT2D eigenvalue weighted by Crippen LogP contribution is -1.92. The molecule has 16 heavy (non-hydrogen) atoms. The number of halogens is 2. The van der Waals surface area contributed by atoms with Crippen LogP contribution in [-0.2, 0) is 6.42 Å².